The van der Waals surface area contributed by atoms with Gasteiger partial charge in [0, 0.05) is 12.3 Å². The molecular weight excluding hydrogens is 230 g/mol. The zero-order valence-corrected chi connectivity index (χ0v) is 10.8. The summed E-state index contributed by atoms with van der Waals surface area (Å²) in [7, 11) is 0. The molecule has 2 unspecified atom stereocenters. The van der Waals surface area contributed by atoms with Crippen LogP contribution in [0.15, 0.2) is 18.2 Å². The molecule has 1 aromatic rings. The van der Waals surface area contributed by atoms with Gasteiger partial charge in [0.15, 0.2) is 11.5 Å². The lowest BCUT2D eigenvalue weighted by atomic mass is 9.93. The molecule has 2 rings (SSSR count). The first-order chi connectivity index (χ1) is 8.76. The highest BCUT2D eigenvalue weighted by Crippen LogP contribution is 2.34. The third-order valence-electron chi connectivity index (χ3n) is 3.39. The third-order valence-corrected chi connectivity index (χ3v) is 3.39. The van der Waals surface area contributed by atoms with Crippen molar-refractivity contribution in [2.45, 2.75) is 25.9 Å². The Morgan fingerprint density at radius 3 is 2.67 bits per heavy atom. The van der Waals surface area contributed by atoms with Crippen LogP contribution in [0, 0.1) is 5.92 Å². The first-order valence-corrected chi connectivity index (χ1v) is 6.54. The first-order valence-electron chi connectivity index (χ1n) is 6.54. The maximum Gasteiger partial charge on any atom is 0.161 e. The topological polar surface area (TPSA) is 64.7 Å². The van der Waals surface area contributed by atoms with Gasteiger partial charge >= 0.3 is 0 Å². The van der Waals surface area contributed by atoms with Crippen LogP contribution in [-0.2, 0) is 0 Å². The summed E-state index contributed by atoms with van der Waals surface area (Å²) in [4.78, 5) is 0. The Hall–Kier alpha value is -1.26. The van der Waals surface area contributed by atoms with Gasteiger partial charge in [-0.1, -0.05) is 13.0 Å². The SMILES string of the molecule is CCC(CN)C(O)c1ccc2c(c1)OCCCO2. The Labute approximate surface area is 108 Å². The molecule has 0 bridgehead atoms. The van der Waals surface area contributed by atoms with Gasteiger partial charge < -0.3 is 20.3 Å². The van der Waals surface area contributed by atoms with Crippen molar-refractivity contribution in [3.05, 3.63) is 23.8 Å². The molecule has 0 aliphatic carbocycles. The predicted molar refractivity (Wildman–Crippen MR) is 69.8 cm³/mol. The van der Waals surface area contributed by atoms with Gasteiger partial charge in [0.25, 0.3) is 0 Å². The molecule has 0 aromatic heterocycles. The number of rotatable bonds is 4. The van der Waals surface area contributed by atoms with Crippen LogP contribution >= 0.6 is 0 Å². The number of fused-ring (bicyclic) bond motifs is 1. The molecule has 4 nitrogen and oxygen atoms in total. The summed E-state index contributed by atoms with van der Waals surface area (Å²) < 4.78 is 11.2. The fraction of sp³-hybridized carbons (Fsp3) is 0.571. The van der Waals surface area contributed by atoms with Crippen LogP contribution in [0.3, 0.4) is 0 Å². The summed E-state index contributed by atoms with van der Waals surface area (Å²) >= 11 is 0. The van der Waals surface area contributed by atoms with E-state index in [-0.39, 0.29) is 5.92 Å². The second-order valence-electron chi connectivity index (χ2n) is 4.61. The highest BCUT2D eigenvalue weighted by atomic mass is 16.5. The minimum absolute atomic E-state index is 0.0785. The van der Waals surface area contributed by atoms with Crippen molar-refractivity contribution in [3.8, 4) is 11.5 Å². The van der Waals surface area contributed by atoms with Crippen LogP contribution in [0.2, 0.25) is 0 Å². The fourth-order valence-electron chi connectivity index (χ4n) is 2.15. The van der Waals surface area contributed by atoms with Crippen LogP contribution in [0.1, 0.15) is 31.4 Å². The Morgan fingerprint density at radius 1 is 1.28 bits per heavy atom. The summed E-state index contributed by atoms with van der Waals surface area (Å²) in [6, 6.07) is 5.61. The van der Waals surface area contributed by atoms with Gasteiger partial charge in [-0.3, -0.25) is 0 Å². The summed E-state index contributed by atoms with van der Waals surface area (Å²) in [6.45, 7) is 3.84. The van der Waals surface area contributed by atoms with Gasteiger partial charge in [-0.05, 0) is 30.7 Å². The number of ether oxygens (including phenoxy) is 2. The minimum Gasteiger partial charge on any atom is -0.490 e. The van der Waals surface area contributed by atoms with Crippen molar-refractivity contribution in [2.75, 3.05) is 19.8 Å². The first kappa shape index (κ1) is 13.2. The minimum atomic E-state index is -0.544. The Morgan fingerprint density at radius 2 is 2.00 bits per heavy atom. The summed E-state index contributed by atoms with van der Waals surface area (Å²) in [6.07, 6.45) is 1.19. The standard InChI is InChI=1S/C14H21NO3/c1-2-10(9-15)14(16)11-4-5-12-13(8-11)18-7-3-6-17-12/h4-5,8,10,14,16H,2-3,6-7,9,15H2,1H3. The average molecular weight is 251 g/mol. The van der Waals surface area contributed by atoms with Crippen molar-refractivity contribution in [2.24, 2.45) is 11.7 Å². The molecule has 0 saturated heterocycles. The number of hydrogen-bond donors (Lipinski definition) is 2. The molecule has 0 saturated carbocycles. The number of hydrogen-bond acceptors (Lipinski definition) is 4. The fourth-order valence-corrected chi connectivity index (χ4v) is 2.15. The second kappa shape index (κ2) is 6.07. The zero-order valence-electron chi connectivity index (χ0n) is 10.8. The number of nitrogens with two attached hydrogens (primary N) is 1. The molecular formula is C14H21NO3. The number of benzene rings is 1. The van der Waals surface area contributed by atoms with Gasteiger partial charge in [-0.2, -0.15) is 0 Å². The van der Waals surface area contributed by atoms with Gasteiger partial charge in [0.05, 0.1) is 19.3 Å². The predicted octanol–water partition coefficient (Wildman–Crippen LogP) is 1.87. The van der Waals surface area contributed by atoms with Gasteiger partial charge in [0.1, 0.15) is 0 Å². The summed E-state index contributed by atoms with van der Waals surface area (Å²) in [5, 5.41) is 10.3. The smallest absolute Gasteiger partial charge is 0.161 e. The van der Waals surface area contributed by atoms with Crippen LogP contribution in [0.5, 0.6) is 11.5 Å². The third kappa shape index (κ3) is 2.76. The largest absolute Gasteiger partial charge is 0.490 e. The molecule has 1 heterocycles. The summed E-state index contributed by atoms with van der Waals surface area (Å²) in [5.74, 6) is 1.55. The van der Waals surface area contributed by atoms with Crippen LogP contribution in [0.4, 0.5) is 0 Å². The quantitative estimate of drug-likeness (QED) is 0.857. The van der Waals surface area contributed by atoms with E-state index in [0.29, 0.717) is 19.8 Å². The lowest BCUT2D eigenvalue weighted by molar-refractivity contribution is 0.109. The molecule has 0 fully saturated rings. The number of aliphatic hydroxyl groups excluding tert-OH is 1. The van der Waals surface area contributed by atoms with Crippen LogP contribution < -0.4 is 15.2 Å². The summed E-state index contributed by atoms with van der Waals surface area (Å²) in [5.41, 5.74) is 6.51. The van der Waals surface area contributed by atoms with E-state index in [9.17, 15) is 5.11 Å². The van der Waals surface area contributed by atoms with Gasteiger partial charge in [0.2, 0.25) is 0 Å². The Bertz CT molecular complexity index is 391. The van der Waals surface area contributed by atoms with Gasteiger partial charge in [-0.25, -0.2) is 0 Å². The molecule has 100 valence electrons. The lowest BCUT2D eigenvalue weighted by Crippen LogP contribution is -2.21. The van der Waals surface area contributed by atoms with E-state index < -0.39 is 6.10 Å². The lowest BCUT2D eigenvalue weighted by Gasteiger charge is -2.21. The van der Waals surface area contributed by atoms with E-state index in [0.717, 1.165) is 29.9 Å². The van der Waals surface area contributed by atoms with E-state index in [1.165, 1.54) is 0 Å². The number of aliphatic hydroxyl groups is 1. The normalized spacial score (nSPS) is 17.9. The van der Waals surface area contributed by atoms with E-state index in [1.54, 1.807) is 0 Å². The van der Waals surface area contributed by atoms with E-state index >= 15 is 0 Å². The van der Waals surface area contributed by atoms with Gasteiger partial charge in [-0.15, -0.1) is 0 Å². The zero-order chi connectivity index (χ0) is 13.0. The van der Waals surface area contributed by atoms with Crippen LogP contribution in [0.25, 0.3) is 0 Å². The van der Waals surface area contributed by atoms with Crippen molar-refractivity contribution >= 4 is 0 Å². The molecule has 0 spiro atoms. The van der Waals surface area contributed by atoms with Crippen LogP contribution in [-0.4, -0.2) is 24.9 Å². The van der Waals surface area contributed by atoms with Crippen molar-refractivity contribution in [1.82, 2.24) is 0 Å². The Balaban J connectivity index is 2.21. The maximum atomic E-state index is 10.3. The highest BCUT2D eigenvalue weighted by molar-refractivity contribution is 5.44. The molecule has 2 atom stereocenters. The highest BCUT2D eigenvalue weighted by Gasteiger charge is 2.20. The van der Waals surface area contributed by atoms with E-state index in [4.69, 9.17) is 15.2 Å². The molecule has 1 aromatic carbocycles. The Kier molecular flexibility index (Phi) is 4.44. The molecule has 18 heavy (non-hydrogen) atoms. The molecule has 1 aliphatic heterocycles. The molecule has 4 heteroatoms. The monoisotopic (exact) mass is 251 g/mol. The van der Waals surface area contributed by atoms with Crippen molar-refractivity contribution in [3.63, 3.8) is 0 Å². The average Bonchev–Trinajstić information content (AvgIpc) is 2.64. The second-order valence-corrected chi connectivity index (χ2v) is 4.61. The molecule has 1 aliphatic rings. The maximum absolute atomic E-state index is 10.3. The van der Waals surface area contributed by atoms with E-state index in [1.807, 2.05) is 25.1 Å². The van der Waals surface area contributed by atoms with E-state index in [2.05, 4.69) is 0 Å². The van der Waals surface area contributed by atoms with Crippen molar-refractivity contribution in [1.29, 1.82) is 0 Å². The van der Waals surface area contributed by atoms with Crippen molar-refractivity contribution < 1.29 is 14.6 Å². The molecule has 3 N–H and O–H groups in total. The molecule has 0 radical (unpaired) electrons. The molecule has 0 amide bonds.